The molecular formula is C15H15FN2O2S. The fraction of sp³-hybridized carbons (Fsp3) is 0.200. The quantitative estimate of drug-likeness (QED) is 0.916. The van der Waals surface area contributed by atoms with Gasteiger partial charge in [-0.15, -0.1) is 0 Å². The Labute approximate surface area is 123 Å². The van der Waals surface area contributed by atoms with E-state index in [0.29, 0.717) is 5.69 Å². The average molecular weight is 306 g/mol. The lowest BCUT2D eigenvalue weighted by Crippen LogP contribution is -2.16. The zero-order valence-corrected chi connectivity index (χ0v) is 12.1. The molecule has 0 saturated carbocycles. The molecule has 2 aromatic carbocycles. The zero-order valence-electron chi connectivity index (χ0n) is 11.3. The summed E-state index contributed by atoms with van der Waals surface area (Å²) in [6, 6.07) is 10.3. The lowest BCUT2D eigenvalue weighted by atomic mass is 10.0. The van der Waals surface area contributed by atoms with Gasteiger partial charge in [-0.25, -0.2) is 12.8 Å². The fourth-order valence-electron chi connectivity index (χ4n) is 2.34. The third-order valence-corrected chi connectivity index (χ3v) is 4.81. The fourth-order valence-corrected chi connectivity index (χ4v) is 3.42. The van der Waals surface area contributed by atoms with Crippen molar-refractivity contribution in [2.75, 3.05) is 16.6 Å². The predicted octanol–water partition coefficient (Wildman–Crippen LogP) is 2.98. The van der Waals surface area contributed by atoms with Crippen molar-refractivity contribution >= 4 is 21.4 Å². The first kappa shape index (κ1) is 13.9. The molecule has 3 rings (SSSR count). The van der Waals surface area contributed by atoms with Crippen LogP contribution in [-0.4, -0.2) is 15.0 Å². The number of nitrogens with one attached hydrogen (secondary N) is 2. The van der Waals surface area contributed by atoms with Crippen LogP contribution in [0.4, 0.5) is 15.8 Å². The number of rotatable bonds is 3. The number of anilines is 2. The molecule has 1 aliphatic heterocycles. The van der Waals surface area contributed by atoms with E-state index in [1.807, 2.05) is 6.07 Å². The average Bonchev–Trinajstić information content (AvgIpc) is 2.49. The molecule has 0 amide bonds. The van der Waals surface area contributed by atoms with E-state index in [1.54, 1.807) is 12.1 Å². The number of sulfonamides is 1. The Morgan fingerprint density at radius 3 is 2.62 bits per heavy atom. The maximum atomic E-state index is 12.8. The van der Waals surface area contributed by atoms with Crippen molar-refractivity contribution in [1.82, 2.24) is 0 Å². The second-order valence-electron chi connectivity index (χ2n) is 4.96. The van der Waals surface area contributed by atoms with Crippen LogP contribution in [0.25, 0.3) is 0 Å². The highest BCUT2D eigenvalue weighted by molar-refractivity contribution is 7.92. The van der Waals surface area contributed by atoms with Gasteiger partial charge in [0.2, 0.25) is 0 Å². The van der Waals surface area contributed by atoms with E-state index in [0.717, 1.165) is 30.6 Å². The van der Waals surface area contributed by atoms with Gasteiger partial charge in [0.1, 0.15) is 5.82 Å². The van der Waals surface area contributed by atoms with Crippen LogP contribution in [0, 0.1) is 5.82 Å². The Kier molecular flexibility index (Phi) is 3.55. The molecule has 0 fully saturated rings. The van der Waals surface area contributed by atoms with E-state index in [-0.39, 0.29) is 4.90 Å². The molecule has 0 radical (unpaired) electrons. The van der Waals surface area contributed by atoms with Gasteiger partial charge in [0.25, 0.3) is 10.0 Å². The van der Waals surface area contributed by atoms with Gasteiger partial charge in [-0.05, 0) is 54.8 Å². The lowest BCUT2D eigenvalue weighted by molar-refractivity contribution is 0.601. The third-order valence-electron chi connectivity index (χ3n) is 3.43. The molecule has 4 nitrogen and oxygen atoms in total. The molecule has 1 heterocycles. The van der Waals surface area contributed by atoms with Crippen molar-refractivity contribution in [3.63, 3.8) is 0 Å². The SMILES string of the molecule is O=S(=O)(Nc1ccc(F)cc1)c1ccc2c(c1)NCCC2. The van der Waals surface area contributed by atoms with Gasteiger partial charge in [0.15, 0.2) is 0 Å². The van der Waals surface area contributed by atoms with Crippen molar-refractivity contribution in [2.24, 2.45) is 0 Å². The predicted molar refractivity (Wildman–Crippen MR) is 80.5 cm³/mol. The minimum Gasteiger partial charge on any atom is -0.385 e. The normalized spacial score (nSPS) is 14.1. The van der Waals surface area contributed by atoms with Gasteiger partial charge in [-0.1, -0.05) is 6.07 Å². The van der Waals surface area contributed by atoms with E-state index in [4.69, 9.17) is 0 Å². The number of benzene rings is 2. The smallest absolute Gasteiger partial charge is 0.261 e. The van der Waals surface area contributed by atoms with E-state index in [1.165, 1.54) is 24.3 Å². The van der Waals surface area contributed by atoms with Crippen molar-refractivity contribution < 1.29 is 12.8 Å². The highest BCUT2D eigenvalue weighted by Crippen LogP contribution is 2.26. The van der Waals surface area contributed by atoms with E-state index in [2.05, 4.69) is 10.0 Å². The van der Waals surface area contributed by atoms with Crippen LogP contribution >= 0.6 is 0 Å². The molecule has 21 heavy (non-hydrogen) atoms. The molecule has 110 valence electrons. The molecular weight excluding hydrogens is 291 g/mol. The van der Waals surface area contributed by atoms with Crippen LogP contribution in [0.15, 0.2) is 47.4 Å². The first-order chi connectivity index (χ1) is 10.0. The van der Waals surface area contributed by atoms with Crippen molar-refractivity contribution in [3.05, 3.63) is 53.8 Å². The second-order valence-corrected chi connectivity index (χ2v) is 6.64. The molecule has 2 aromatic rings. The summed E-state index contributed by atoms with van der Waals surface area (Å²) in [5.74, 6) is -0.407. The van der Waals surface area contributed by atoms with E-state index in [9.17, 15) is 12.8 Å². The standard InChI is InChI=1S/C15H15FN2O2S/c16-12-4-6-13(7-5-12)18-21(19,20)14-8-3-11-2-1-9-17-15(11)10-14/h3-8,10,17-18H,1-2,9H2. The minimum atomic E-state index is -3.67. The minimum absolute atomic E-state index is 0.194. The lowest BCUT2D eigenvalue weighted by Gasteiger charge is -2.19. The summed E-state index contributed by atoms with van der Waals surface area (Å²) in [6.07, 6.45) is 2.00. The van der Waals surface area contributed by atoms with Crippen LogP contribution in [0.1, 0.15) is 12.0 Å². The van der Waals surface area contributed by atoms with Crippen LogP contribution in [0.3, 0.4) is 0 Å². The summed E-state index contributed by atoms with van der Waals surface area (Å²) < 4.78 is 40.0. The summed E-state index contributed by atoms with van der Waals surface area (Å²) >= 11 is 0. The Balaban J connectivity index is 1.89. The third kappa shape index (κ3) is 3.00. The molecule has 0 aliphatic carbocycles. The van der Waals surface area contributed by atoms with Crippen molar-refractivity contribution in [3.8, 4) is 0 Å². The summed E-state index contributed by atoms with van der Waals surface area (Å²) in [5.41, 5.74) is 2.33. The first-order valence-corrected chi connectivity index (χ1v) is 8.18. The van der Waals surface area contributed by atoms with Gasteiger partial charge < -0.3 is 5.32 Å². The largest absolute Gasteiger partial charge is 0.385 e. The maximum absolute atomic E-state index is 12.8. The molecule has 0 atom stereocenters. The van der Waals surface area contributed by atoms with Crippen LogP contribution in [0.2, 0.25) is 0 Å². The molecule has 0 spiro atoms. The van der Waals surface area contributed by atoms with Gasteiger partial charge >= 0.3 is 0 Å². The molecule has 0 unspecified atom stereocenters. The van der Waals surface area contributed by atoms with E-state index >= 15 is 0 Å². The Morgan fingerprint density at radius 2 is 1.86 bits per heavy atom. The monoisotopic (exact) mass is 306 g/mol. The number of fused-ring (bicyclic) bond motifs is 1. The number of hydrogen-bond acceptors (Lipinski definition) is 3. The summed E-state index contributed by atoms with van der Waals surface area (Å²) in [7, 11) is -3.67. The molecule has 0 aromatic heterocycles. The molecule has 0 bridgehead atoms. The Bertz CT molecular complexity index is 758. The number of hydrogen-bond donors (Lipinski definition) is 2. The van der Waals surface area contributed by atoms with Gasteiger partial charge in [0.05, 0.1) is 4.90 Å². The van der Waals surface area contributed by atoms with Gasteiger partial charge in [-0.3, -0.25) is 4.72 Å². The Hall–Kier alpha value is -2.08. The second kappa shape index (κ2) is 5.37. The highest BCUT2D eigenvalue weighted by Gasteiger charge is 2.17. The Morgan fingerprint density at radius 1 is 1.10 bits per heavy atom. The zero-order chi connectivity index (χ0) is 14.9. The summed E-state index contributed by atoms with van der Waals surface area (Å²) in [4.78, 5) is 0.194. The van der Waals surface area contributed by atoms with Crippen LogP contribution in [-0.2, 0) is 16.4 Å². The van der Waals surface area contributed by atoms with Crippen LogP contribution in [0.5, 0.6) is 0 Å². The van der Waals surface area contributed by atoms with Crippen molar-refractivity contribution in [1.29, 1.82) is 0 Å². The highest BCUT2D eigenvalue weighted by atomic mass is 32.2. The van der Waals surface area contributed by atoms with Gasteiger partial charge in [0, 0.05) is 17.9 Å². The molecule has 1 aliphatic rings. The molecule has 6 heteroatoms. The summed E-state index contributed by atoms with van der Waals surface area (Å²) in [5, 5.41) is 3.20. The van der Waals surface area contributed by atoms with Crippen molar-refractivity contribution in [2.45, 2.75) is 17.7 Å². The summed E-state index contributed by atoms with van der Waals surface area (Å²) in [6.45, 7) is 0.849. The topological polar surface area (TPSA) is 58.2 Å². The van der Waals surface area contributed by atoms with Crippen LogP contribution < -0.4 is 10.0 Å². The van der Waals surface area contributed by atoms with Gasteiger partial charge in [-0.2, -0.15) is 0 Å². The first-order valence-electron chi connectivity index (χ1n) is 6.70. The molecule has 2 N–H and O–H groups in total. The van der Waals surface area contributed by atoms with E-state index < -0.39 is 15.8 Å². The molecule has 0 saturated heterocycles. The maximum Gasteiger partial charge on any atom is 0.261 e. The number of halogens is 1. The number of aryl methyl sites for hydroxylation is 1.